The van der Waals surface area contributed by atoms with Crippen molar-refractivity contribution in [2.75, 3.05) is 6.61 Å². The van der Waals surface area contributed by atoms with Crippen LogP contribution in [0.25, 0.3) is 17.0 Å². The molecule has 0 amide bonds. The van der Waals surface area contributed by atoms with E-state index in [1.807, 2.05) is 110 Å². The quantitative estimate of drug-likeness (QED) is 0.0863. The minimum absolute atomic E-state index is 0.0855. The number of aryl methyl sites for hydroxylation is 1. The van der Waals surface area contributed by atoms with Gasteiger partial charge in [-0.2, -0.15) is 0 Å². The number of ether oxygens (including phenoxy) is 2. The van der Waals surface area contributed by atoms with Crippen LogP contribution in [-0.4, -0.2) is 23.3 Å². The molecule has 1 heterocycles. The molecule has 0 bridgehead atoms. The molecule has 0 unspecified atom stereocenters. The van der Waals surface area contributed by atoms with Gasteiger partial charge >= 0.3 is 5.97 Å². The van der Waals surface area contributed by atoms with Crippen LogP contribution < -0.4 is 4.74 Å². The van der Waals surface area contributed by atoms with E-state index < -0.39 is 5.97 Å². The average molecular weight is 573 g/mol. The predicted octanol–water partition coefficient (Wildman–Crippen LogP) is 7.77. The third kappa shape index (κ3) is 7.45. The fraction of sp³-hybridized carbons (Fsp3) is 0.139. The lowest BCUT2D eigenvalue weighted by atomic mass is 9.97. The van der Waals surface area contributed by atoms with Crippen LogP contribution in [0.15, 0.2) is 125 Å². The summed E-state index contributed by atoms with van der Waals surface area (Å²) in [6, 6.07) is 34.5. The molecule has 216 valence electrons. The van der Waals surface area contributed by atoms with Crippen LogP contribution in [0.1, 0.15) is 40.6 Å². The number of rotatable bonds is 12. The van der Waals surface area contributed by atoms with Gasteiger partial charge < -0.3 is 18.7 Å². The van der Waals surface area contributed by atoms with E-state index >= 15 is 0 Å². The SMILES string of the molecule is C=C(c1ccccc1)c1cccc(C(=NOCc2ccc(OCc3nc(-c4ccccc4)oc3C)cc2)C(=O)OCC)c1. The molecule has 0 saturated heterocycles. The molecular formula is C36H32N2O5. The van der Waals surface area contributed by atoms with Crippen molar-refractivity contribution in [2.45, 2.75) is 27.1 Å². The van der Waals surface area contributed by atoms with Crippen molar-refractivity contribution in [1.29, 1.82) is 0 Å². The summed E-state index contributed by atoms with van der Waals surface area (Å²) in [5.41, 5.74) is 5.87. The standard InChI is InChI=1S/C36H32N2O5/c1-4-40-36(39)34(31-17-11-16-30(22-31)25(2)28-12-7-5-8-13-28)38-42-23-27-18-20-32(21-19-27)41-24-33-26(3)43-35(37-33)29-14-9-6-10-15-29/h5-22H,2,4,23-24H2,1,3H3. The highest BCUT2D eigenvalue weighted by molar-refractivity contribution is 6.43. The van der Waals surface area contributed by atoms with E-state index in [4.69, 9.17) is 18.7 Å². The van der Waals surface area contributed by atoms with E-state index in [0.717, 1.165) is 33.5 Å². The molecule has 0 aliphatic heterocycles. The molecule has 5 rings (SSSR count). The van der Waals surface area contributed by atoms with Gasteiger partial charge in [0.15, 0.2) is 5.71 Å². The van der Waals surface area contributed by atoms with Crippen molar-refractivity contribution in [1.82, 2.24) is 4.98 Å². The summed E-state index contributed by atoms with van der Waals surface area (Å²) in [7, 11) is 0. The molecular weight excluding hydrogens is 540 g/mol. The molecule has 0 radical (unpaired) electrons. The fourth-order valence-electron chi connectivity index (χ4n) is 4.34. The molecule has 43 heavy (non-hydrogen) atoms. The summed E-state index contributed by atoms with van der Waals surface area (Å²) in [4.78, 5) is 23.0. The molecule has 0 spiro atoms. The fourth-order valence-corrected chi connectivity index (χ4v) is 4.34. The van der Waals surface area contributed by atoms with Gasteiger partial charge in [0, 0.05) is 11.1 Å². The van der Waals surface area contributed by atoms with Gasteiger partial charge in [-0.25, -0.2) is 9.78 Å². The first-order valence-electron chi connectivity index (χ1n) is 14.0. The number of esters is 1. The third-order valence-electron chi connectivity index (χ3n) is 6.67. The molecule has 1 aromatic heterocycles. The van der Waals surface area contributed by atoms with Gasteiger partial charge in [-0.05, 0) is 66.4 Å². The molecule has 7 nitrogen and oxygen atoms in total. The summed E-state index contributed by atoms with van der Waals surface area (Å²) >= 11 is 0. The molecule has 0 saturated carbocycles. The molecule has 0 N–H and O–H groups in total. The van der Waals surface area contributed by atoms with Crippen LogP contribution >= 0.6 is 0 Å². The molecule has 0 aliphatic carbocycles. The number of carbonyl (C=O) groups is 1. The predicted molar refractivity (Wildman–Crippen MR) is 166 cm³/mol. The van der Waals surface area contributed by atoms with E-state index in [1.165, 1.54) is 0 Å². The van der Waals surface area contributed by atoms with Gasteiger partial charge in [0.1, 0.15) is 30.4 Å². The number of nitrogens with zero attached hydrogens (tertiary/aromatic N) is 2. The first kappa shape index (κ1) is 29.1. The number of hydrogen-bond acceptors (Lipinski definition) is 7. The first-order valence-corrected chi connectivity index (χ1v) is 14.0. The molecule has 4 aromatic carbocycles. The molecule has 7 heteroatoms. The molecule has 0 fully saturated rings. The Hall–Kier alpha value is -5.43. The second kappa shape index (κ2) is 14.0. The lowest BCUT2D eigenvalue weighted by molar-refractivity contribution is -0.135. The lowest BCUT2D eigenvalue weighted by Crippen LogP contribution is -2.19. The Kier molecular flexibility index (Phi) is 9.44. The van der Waals surface area contributed by atoms with Gasteiger partial charge in [0.05, 0.1) is 6.61 Å². The van der Waals surface area contributed by atoms with Crippen molar-refractivity contribution in [3.05, 3.63) is 149 Å². The Morgan fingerprint density at radius 2 is 1.51 bits per heavy atom. The first-order chi connectivity index (χ1) is 21.0. The van der Waals surface area contributed by atoms with Crippen LogP contribution in [0.5, 0.6) is 5.75 Å². The maximum atomic E-state index is 12.8. The average Bonchev–Trinajstić information content (AvgIpc) is 3.43. The Bertz CT molecular complexity index is 1710. The van der Waals surface area contributed by atoms with Crippen LogP contribution in [0.3, 0.4) is 0 Å². The summed E-state index contributed by atoms with van der Waals surface area (Å²) in [5, 5.41) is 4.18. The zero-order chi connectivity index (χ0) is 30.0. The zero-order valence-corrected chi connectivity index (χ0v) is 24.2. The van der Waals surface area contributed by atoms with Crippen LogP contribution in [0, 0.1) is 6.92 Å². The van der Waals surface area contributed by atoms with E-state index in [9.17, 15) is 4.79 Å². The van der Waals surface area contributed by atoms with Crippen molar-refractivity contribution in [2.24, 2.45) is 5.16 Å². The maximum Gasteiger partial charge on any atom is 0.361 e. The number of oxime groups is 1. The van der Waals surface area contributed by atoms with Gasteiger partial charge in [-0.15, -0.1) is 0 Å². The number of benzene rings is 4. The van der Waals surface area contributed by atoms with E-state index in [1.54, 1.807) is 13.0 Å². The highest BCUT2D eigenvalue weighted by atomic mass is 16.6. The van der Waals surface area contributed by atoms with Crippen LogP contribution in [0.4, 0.5) is 0 Å². The monoisotopic (exact) mass is 572 g/mol. The van der Waals surface area contributed by atoms with Crippen molar-refractivity contribution >= 4 is 17.3 Å². The minimum atomic E-state index is -0.563. The third-order valence-corrected chi connectivity index (χ3v) is 6.67. The number of aromatic nitrogens is 1. The lowest BCUT2D eigenvalue weighted by Gasteiger charge is -2.10. The number of carbonyl (C=O) groups excluding carboxylic acids is 1. The van der Waals surface area contributed by atoms with E-state index in [2.05, 4.69) is 16.7 Å². The van der Waals surface area contributed by atoms with Crippen molar-refractivity contribution in [3.63, 3.8) is 0 Å². The zero-order valence-electron chi connectivity index (χ0n) is 24.2. The number of oxazole rings is 1. The van der Waals surface area contributed by atoms with Gasteiger partial charge in [0.2, 0.25) is 5.89 Å². The highest BCUT2D eigenvalue weighted by Crippen LogP contribution is 2.24. The summed E-state index contributed by atoms with van der Waals surface area (Å²) in [6.45, 7) is 8.51. The van der Waals surface area contributed by atoms with Crippen LogP contribution in [-0.2, 0) is 27.6 Å². The van der Waals surface area contributed by atoms with Gasteiger partial charge in [-0.3, -0.25) is 0 Å². The smallest absolute Gasteiger partial charge is 0.361 e. The Morgan fingerprint density at radius 1 is 0.837 bits per heavy atom. The van der Waals surface area contributed by atoms with Crippen molar-refractivity contribution in [3.8, 4) is 17.2 Å². The second-order valence-electron chi connectivity index (χ2n) is 9.68. The Labute approximate surface area is 251 Å². The summed E-state index contributed by atoms with van der Waals surface area (Å²) < 4.78 is 17.0. The number of hydrogen-bond donors (Lipinski definition) is 0. The topological polar surface area (TPSA) is 83.2 Å². The van der Waals surface area contributed by atoms with E-state index in [-0.39, 0.29) is 25.5 Å². The van der Waals surface area contributed by atoms with Gasteiger partial charge in [0.25, 0.3) is 0 Å². The molecule has 5 aromatic rings. The van der Waals surface area contributed by atoms with Crippen molar-refractivity contribution < 1.29 is 23.5 Å². The maximum absolute atomic E-state index is 12.8. The van der Waals surface area contributed by atoms with Gasteiger partial charge in [-0.1, -0.05) is 90.6 Å². The minimum Gasteiger partial charge on any atom is -0.487 e. The highest BCUT2D eigenvalue weighted by Gasteiger charge is 2.18. The van der Waals surface area contributed by atoms with Crippen LogP contribution in [0.2, 0.25) is 0 Å². The Balaban J connectivity index is 1.23. The van der Waals surface area contributed by atoms with E-state index in [0.29, 0.717) is 23.0 Å². The summed E-state index contributed by atoms with van der Waals surface area (Å²) in [5.74, 6) is 1.40. The largest absolute Gasteiger partial charge is 0.487 e. The summed E-state index contributed by atoms with van der Waals surface area (Å²) in [6.07, 6.45) is 0. The second-order valence-corrected chi connectivity index (χ2v) is 9.68. The normalized spacial score (nSPS) is 11.2. The molecule has 0 atom stereocenters. The Morgan fingerprint density at radius 3 is 2.23 bits per heavy atom. The molecule has 0 aliphatic rings.